The Balaban J connectivity index is 1.87. The number of allylic oxidation sites excluding steroid dienone is 9. The van der Waals surface area contributed by atoms with Crippen molar-refractivity contribution in [3.05, 3.63) is 87.5 Å². The van der Waals surface area contributed by atoms with Gasteiger partial charge in [0.05, 0.1) is 45.3 Å². The fourth-order valence-corrected chi connectivity index (χ4v) is 4.35. The molecule has 148 valence electrons. The molecule has 0 atom stereocenters. The normalized spacial score (nSPS) is 20.1. The Labute approximate surface area is 174 Å². The second-order valence-electron chi connectivity index (χ2n) is 7.78. The van der Waals surface area contributed by atoms with Crippen molar-refractivity contribution in [2.45, 2.75) is 20.8 Å². The lowest BCUT2D eigenvalue weighted by Gasteiger charge is -2.07. The number of aromatic nitrogens is 1. The number of aliphatic hydroxyl groups is 1. The van der Waals surface area contributed by atoms with Crippen LogP contribution in [0.2, 0.25) is 0 Å². The molecule has 0 spiro atoms. The maximum atomic E-state index is 10.5. The predicted molar refractivity (Wildman–Crippen MR) is 124 cm³/mol. The molecule has 5 heteroatoms. The summed E-state index contributed by atoms with van der Waals surface area (Å²) in [5, 5.41) is 12.2. The van der Waals surface area contributed by atoms with Gasteiger partial charge in [0.2, 0.25) is 0 Å². The van der Waals surface area contributed by atoms with E-state index in [0.717, 1.165) is 61.6 Å². The Hall–Kier alpha value is -3.73. The van der Waals surface area contributed by atoms with Crippen LogP contribution in [0.1, 0.15) is 25.1 Å². The minimum absolute atomic E-state index is 0.294. The van der Waals surface area contributed by atoms with Crippen LogP contribution in [0.4, 0.5) is 0 Å². The van der Waals surface area contributed by atoms with Crippen molar-refractivity contribution in [3.8, 4) is 0 Å². The highest BCUT2D eigenvalue weighted by molar-refractivity contribution is 6.20. The first-order chi connectivity index (χ1) is 14.4. The van der Waals surface area contributed by atoms with Gasteiger partial charge in [0.1, 0.15) is 0 Å². The number of hydrogen-bond donors (Lipinski definition) is 1. The van der Waals surface area contributed by atoms with Gasteiger partial charge in [-0.1, -0.05) is 0 Å². The van der Waals surface area contributed by atoms with E-state index in [2.05, 4.69) is 16.5 Å². The van der Waals surface area contributed by atoms with Crippen molar-refractivity contribution >= 4 is 34.5 Å². The Morgan fingerprint density at radius 3 is 2.00 bits per heavy atom. The van der Waals surface area contributed by atoms with Gasteiger partial charge in [-0.3, -0.25) is 0 Å². The van der Waals surface area contributed by atoms with E-state index in [1.54, 1.807) is 6.92 Å². The first kappa shape index (κ1) is 18.3. The smallest absolute Gasteiger partial charge is 0.0988 e. The minimum atomic E-state index is 0.294. The molecule has 5 rings (SSSR count). The summed E-state index contributed by atoms with van der Waals surface area (Å²) in [6.07, 6.45) is 18.0. The van der Waals surface area contributed by atoms with Crippen molar-refractivity contribution in [3.63, 3.8) is 0 Å². The SMILES string of the molecule is CC1=C2C=CC(=N2)C=C2C=CC(=N2)C=C2C=CC(=N2)C=c2c(=C(C)O)c(C)c1n2C. The summed E-state index contributed by atoms with van der Waals surface area (Å²) < 4.78 is 2.12. The number of fused-ring (bicyclic) bond motifs is 5. The molecule has 5 heterocycles. The molecule has 0 aliphatic carbocycles. The fourth-order valence-electron chi connectivity index (χ4n) is 4.35. The molecule has 0 unspecified atom stereocenters. The molecule has 0 fully saturated rings. The molecule has 0 radical (unpaired) electrons. The van der Waals surface area contributed by atoms with Crippen molar-refractivity contribution in [2.75, 3.05) is 0 Å². The summed E-state index contributed by atoms with van der Waals surface area (Å²) in [7, 11) is 2.02. The lowest BCUT2D eigenvalue weighted by molar-refractivity contribution is 0.498. The summed E-state index contributed by atoms with van der Waals surface area (Å²) in [6.45, 7) is 5.85. The molecular weight excluding hydrogens is 372 g/mol. The van der Waals surface area contributed by atoms with Crippen LogP contribution in [0, 0.1) is 6.92 Å². The van der Waals surface area contributed by atoms with E-state index in [1.807, 2.05) is 68.7 Å². The zero-order chi connectivity index (χ0) is 21.0. The second kappa shape index (κ2) is 6.66. The number of aliphatic imine (C=N–C) groups is 3. The highest BCUT2D eigenvalue weighted by atomic mass is 16.3. The second-order valence-corrected chi connectivity index (χ2v) is 7.78. The predicted octanol–water partition coefficient (Wildman–Crippen LogP) is 3.34. The quantitative estimate of drug-likeness (QED) is 0.721. The van der Waals surface area contributed by atoms with Gasteiger partial charge in [-0.2, -0.15) is 0 Å². The number of hydrogen-bond acceptors (Lipinski definition) is 4. The van der Waals surface area contributed by atoms with Crippen LogP contribution in [0.15, 0.2) is 80.7 Å². The molecule has 4 aliphatic rings. The van der Waals surface area contributed by atoms with Gasteiger partial charge < -0.3 is 9.67 Å². The maximum Gasteiger partial charge on any atom is 0.0988 e. The number of rotatable bonds is 0. The molecule has 4 aliphatic heterocycles. The number of nitrogens with zero attached hydrogens (tertiary/aromatic N) is 4. The highest BCUT2D eigenvalue weighted by Crippen LogP contribution is 2.25. The van der Waals surface area contributed by atoms with E-state index < -0.39 is 0 Å². The van der Waals surface area contributed by atoms with Crippen LogP contribution >= 0.6 is 0 Å². The topological polar surface area (TPSA) is 62.2 Å². The van der Waals surface area contributed by atoms with Gasteiger partial charge in [-0.05, 0) is 86.6 Å². The van der Waals surface area contributed by atoms with Crippen molar-refractivity contribution < 1.29 is 5.11 Å². The highest BCUT2D eigenvalue weighted by Gasteiger charge is 2.17. The van der Waals surface area contributed by atoms with E-state index >= 15 is 0 Å². The van der Waals surface area contributed by atoms with Crippen molar-refractivity contribution in [1.82, 2.24) is 4.57 Å². The zero-order valence-corrected chi connectivity index (χ0v) is 17.4. The third-order valence-electron chi connectivity index (χ3n) is 5.69. The Morgan fingerprint density at radius 1 is 0.800 bits per heavy atom. The molecule has 0 saturated carbocycles. The van der Waals surface area contributed by atoms with Crippen molar-refractivity contribution in [2.24, 2.45) is 22.0 Å². The van der Waals surface area contributed by atoms with E-state index in [4.69, 9.17) is 9.98 Å². The largest absolute Gasteiger partial charge is 0.512 e. The first-order valence-corrected chi connectivity index (χ1v) is 9.92. The summed E-state index contributed by atoms with van der Waals surface area (Å²) in [5.41, 5.74) is 8.36. The molecule has 0 saturated heterocycles. The molecule has 1 aromatic heterocycles. The average Bonchev–Trinajstić information content (AvgIpc) is 3.45. The molecular formula is C25H22N4O. The van der Waals surface area contributed by atoms with Gasteiger partial charge in [0, 0.05) is 18.0 Å². The van der Waals surface area contributed by atoms with Gasteiger partial charge in [-0.25, -0.2) is 15.0 Å². The van der Waals surface area contributed by atoms with Crippen LogP contribution in [0.25, 0.3) is 17.4 Å². The lowest BCUT2D eigenvalue weighted by atomic mass is 10.1. The van der Waals surface area contributed by atoms with Crippen LogP contribution < -0.4 is 10.6 Å². The summed E-state index contributed by atoms with van der Waals surface area (Å²) in [5.74, 6) is 0.294. The Bertz CT molecular complexity index is 1410. The Morgan fingerprint density at radius 2 is 1.37 bits per heavy atom. The zero-order valence-electron chi connectivity index (χ0n) is 17.4. The van der Waals surface area contributed by atoms with Crippen molar-refractivity contribution in [1.29, 1.82) is 0 Å². The molecule has 30 heavy (non-hydrogen) atoms. The summed E-state index contributed by atoms with van der Waals surface area (Å²) >= 11 is 0. The summed E-state index contributed by atoms with van der Waals surface area (Å²) in [4.78, 5) is 14.2. The monoisotopic (exact) mass is 394 g/mol. The Kier molecular flexibility index (Phi) is 4.07. The third kappa shape index (κ3) is 2.90. The van der Waals surface area contributed by atoms with Crippen LogP contribution in [-0.2, 0) is 7.05 Å². The first-order valence-electron chi connectivity index (χ1n) is 9.92. The summed E-state index contributed by atoms with van der Waals surface area (Å²) in [6, 6.07) is 0. The van der Waals surface area contributed by atoms with Crippen LogP contribution in [0.3, 0.4) is 0 Å². The standard InChI is InChI=1S/C25H22N4O/c1-14-22-10-9-20(28-22)12-19-6-5-17(26-19)11-18-7-8-21(27-18)13-23-24(16(3)30)15(2)25(14)29(23)4/h5-13,30H,1-4H3. The van der Waals surface area contributed by atoms with Crippen LogP contribution in [-0.4, -0.2) is 26.8 Å². The number of aliphatic hydroxyl groups excluding tert-OH is 1. The molecule has 0 amide bonds. The molecule has 0 aromatic carbocycles. The van der Waals surface area contributed by atoms with E-state index in [-0.39, 0.29) is 0 Å². The van der Waals surface area contributed by atoms with E-state index in [9.17, 15) is 5.11 Å². The van der Waals surface area contributed by atoms with Gasteiger partial charge in [0.15, 0.2) is 0 Å². The molecule has 1 aromatic rings. The fraction of sp³-hybridized carbons (Fsp3) is 0.160. The maximum absolute atomic E-state index is 10.5. The molecule has 5 nitrogen and oxygen atoms in total. The molecule has 1 N–H and O–H groups in total. The van der Waals surface area contributed by atoms with Gasteiger partial charge in [0.25, 0.3) is 0 Å². The van der Waals surface area contributed by atoms with E-state index in [0.29, 0.717) is 5.76 Å². The lowest BCUT2D eigenvalue weighted by Crippen LogP contribution is -2.31. The minimum Gasteiger partial charge on any atom is -0.512 e. The molecule has 8 bridgehead atoms. The van der Waals surface area contributed by atoms with Gasteiger partial charge in [-0.15, -0.1) is 0 Å². The van der Waals surface area contributed by atoms with Gasteiger partial charge >= 0.3 is 0 Å². The van der Waals surface area contributed by atoms with Crippen LogP contribution in [0.5, 0.6) is 0 Å². The third-order valence-corrected chi connectivity index (χ3v) is 5.69. The average molecular weight is 394 g/mol. The van der Waals surface area contributed by atoms with E-state index in [1.165, 1.54) is 0 Å².